The van der Waals surface area contributed by atoms with Crippen LogP contribution >= 0.6 is 11.6 Å². The van der Waals surface area contributed by atoms with Crippen LogP contribution in [-0.2, 0) is 11.3 Å². The van der Waals surface area contributed by atoms with Gasteiger partial charge in [-0.2, -0.15) is 0 Å². The predicted octanol–water partition coefficient (Wildman–Crippen LogP) is 2.82. The van der Waals surface area contributed by atoms with Gasteiger partial charge in [0.15, 0.2) is 0 Å². The number of hydrogen-bond donors (Lipinski definition) is 1. The Bertz CT molecular complexity index is 450. The lowest BCUT2D eigenvalue weighted by Crippen LogP contribution is -2.41. The van der Waals surface area contributed by atoms with Gasteiger partial charge in [-0.3, -0.25) is 4.79 Å². The van der Waals surface area contributed by atoms with Crippen LogP contribution in [0.15, 0.2) is 24.3 Å². The number of carbonyl (C=O) groups excluding carboxylic acids is 1. The maximum absolute atomic E-state index is 12.5. The molecular formula is C15H21ClN2O. The molecule has 1 aromatic rings. The third-order valence-electron chi connectivity index (χ3n) is 3.90. The number of hydrogen-bond acceptors (Lipinski definition) is 2. The van der Waals surface area contributed by atoms with Gasteiger partial charge in [0, 0.05) is 24.2 Å². The zero-order valence-electron chi connectivity index (χ0n) is 11.3. The fourth-order valence-electron chi connectivity index (χ4n) is 2.71. The van der Waals surface area contributed by atoms with Crippen LogP contribution in [0.4, 0.5) is 0 Å². The Morgan fingerprint density at radius 3 is 2.74 bits per heavy atom. The SMILES string of the molecule is CCN(Cc1ccccc1Cl)C(=O)C1CCCC1N. The van der Waals surface area contributed by atoms with Gasteiger partial charge < -0.3 is 10.6 Å². The Kier molecular flexibility index (Phi) is 4.83. The van der Waals surface area contributed by atoms with Crippen molar-refractivity contribution in [1.29, 1.82) is 0 Å². The highest BCUT2D eigenvalue weighted by molar-refractivity contribution is 6.31. The van der Waals surface area contributed by atoms with Gasteiger partial charge >= 0.3 is 0 Å². The number of rotatable bonds is 4. The summed E-state index contributed by atoms with van der Waals surface area (Å²) in [5, 5.41) is 0.712. The van der Waals surface area contributed by atoms with Gasteiger partial charge in [0.05, 0.1) is 5.92 Å². The lowest BCUT2D eigenvalue weighted by molar-refractivity contribution is -0.136. The van der Waals surface area contributed by atoms with E-state index in [2.05, 4.69) is 0 Å². The average molecular weight is 281 g/mol. The van der Waals surface area contributed by atoms with Crippen molar-refractivity contribution in [2.45, 2.75) is 38.8 Å². The largest absolute Gasteiger partial charge is 0.338 e. The Hall–Kier alpha value is -1.06. The van der Waals surface area contributed by atoms with E-state index in [1.807, 2.05) is 36.1 Å². The molecule has 0 saturated heterocycles. The average Bonchev–Trinajstić information content (AvgIpc) is 2.83. The standard InChI is InChI=1S/C15H21ClN2O/c1-2-18(10-11-6-3-4-8-13(11)16)15(19)12-7-5-9-14(12)17/h3-4,6,8,12,14H,2,5,7,9-10,17H2,1H3. The molecule has 104 valence electrons. The number of benzene rings is 1. The summed E-state index contributed by atoms with van der Waals surface area (Å²) in [4.78, 5) is 14.4. The zero-order valence-corrected chi connectivity index (χ0v) is 12.1. The first-order chi connectivity index (χ1) is 9.13. The normalized spacial score (nSPS) is 22.5. The second-order valence-corrected chi connectivity index (χ2v) is 5.55. The summed E-state index contributed by atoms with van der Waals surface area (Å²) < 4.78 is 0. The molecule has 1 aliphatic carbocycles. The molecule has 0 aromatic heterocycles. The Morgan fingerprint density at radius 1 is 1.42 bits per heavy atom. The van der Waals surface area contributed by atoms with E-state index >= 15 is 0 Å². The lowest BCUT2D eigenvalue weighted by Gasteiger charge is -2.26. The summed E-state index contributed by atoms with van der Waals surface area (Å²) in [6, 6.07) is 7.69. The number of carbonyl (C=O) groups is 1. The summed E-state index contributed by atoms with van der Waals surface area (Å²) in [5.41, 5.74) is 7.01. The third-order valence-corrected chi connectivity index (χ3v) is 4.27. The fraction of sp³-hybridized carbons (Fsp3) is 0.533. The smallest absolute Gasteiger partial charge is 0.227 e. The van der Waals surface area contributed by atoms with Gasteiger partial charge in [-0.25, -0.2) is 0 Å². The Balaban J connectivity index is 2.08. The molecule has 0 radical (unpaired) electrons. The summed E-state index contributed by atoms with van der Waals surface area (Å²) in [5.74, 6) is 0.162. The van der Waals surface area contributed by atoms with Gasteiger partial charge in [-0.05, 0) is 31.4 Å². The van der Waals surface area contributed by atoms with Crippen LogP contribution in [0.5, 0.6) is 0 Å². The van der Waals surface area contributed by atoms with Crippen molar-refractivity contribution in [3.8, 4) is 0 Å². The van der Waals surface area contributed by atoms with E-state index in [0.29, 0.717) is 18.1 Å². The number of nitrogens with two attached hydrogens (primary N) is 1. The summed E-state index contributed by atoms with van der Waals surface area (Å²) in [6.45, 7) is 3.25. The number of halogens is 1. The van der Waals surface area contributed by atoms with Crippen molar-refractivity contribution in [2.75, 3.05) is 6.54 Å². The molecule has 0 heterocycles. The molecule has 1 amide bonds. The molecular weight excluding hydrogens is 260 g/mol. The first-order valence-electron chi connectivity index (χ1n) is 6.91. The molecule has 0 aliphatic heterocycles. The molecule has 1 fully saturated rings. The van der Waals surface area contributed by atoms with Crippen LogP contribution in [0, 0.1) is 5.92 Å². The second kappa shape index (κ2) is 6.40. The van der Waals surface area contributed by atoms with Crippen LogP contribution in [0.3, 0.4) is 0 Å². The minimum atomic E-state index is -0.0116. The van der Waals surface area contributed by atoms with Gasteiger partial charge in [-0.15, -0.1) is 0 Å². The molecule has 2 unspecified atom stereocenters. The van der Waals surface area contributed by atoms with Crippen LogP contribution in [0.1, 0.15) is 31.7 Å². The summed E-state index contributed by atoms with van der Waals surface area (Å²) >= 11 is 6.16. The molecule has 0 bridgehead atoms. The molecule has 2 rings (SSSR count). The van der Waals surface area contributed by atoms with Crippen molar-refractivity contribution in [3.63, 3.8) is 0 Å². The van der Waals surface area contributed by atoms with Crippen molar-refractivity contribution in [2.24, 2.45) is 11.7 Å². The third kappa shape index (κ3) is 3.28. The van der Waals surface area contributed by atoms with Crippen molar-refractivity contribution < 1.29 is 4.79 Å². The molecule has 2 N–H and O–H groups in total. The van der Waals surface area contributed by atoms with Crippen LogP contribution in [0.2, 0.25) is 5.02 Å². The fourth-order valence-corrected chi connectivity index (χ4v) is 2.90. The first-order valence-corrected chi connectivity index (χ1v) is 7.29. The van der Waals surface area contributed by atoms with Crippen LogP contribution in [-0.4, -0.2) is 23.4 Å². The van der Waals surface area contributed by atoms with Gasteiger partial charge in [0.2, 0.25) is 5.91 Å². The second-order valence-electron chi connectivity index (χ2n) is 5.15. The molecule has 1 aromatic carbocycles. The van der Waals surface area contributed by atoms with E-state index in [-0.39, 0.29) is 17.9 Å². The van der Waals surface area contributed by atoms with Crippen molar-refractivity contribution in [1.82, 2.24) is 4.90 Å². The summed E-state index contributed by atoms with van der Waals surface area (Å²) in [7, 11) is 0. The molecule has 3 nitrogen and oxygen atoms in total. The minimum Gasteiger partial charge on any atom is -0.338 e. The highest BCUT2D eigenvalue weighted by Crippen LogP contribution is 2.27. The highest BCUT2D eigenvalue weighted by Gasteiger charge is 2.32. The number of nitrogens with zero attached hydrogens (tertiary/aromatic N) is 1. The lowest BCUT2D eigenvalue weighted by atomic mass is 10.0. The molecule has 19 heavy (non-hydrogen) atoms. The quantitative estimate of drug-likeness (QED) is 0.922. The molecule has 2 atom stereocenters. The highest BCUT2D eigenvalue weighted by atomic mass is 35.5. The maximum atomic E-state index is 12.5. The predicted molar refractivity (Wildman–Crippen MR) is 77.9 cm³/mol. The monoisotopic (exact) mass is 280 g/mol. The van der Waals surface area contributed by atoms with Gasteiger partial charge in [0.1, 0.15) is 0 Å². The molecule has 1 aliphatic rings. The van der Waals surface area contributed by atoms with Gasteiger partial charge in [-0.1, -0.05) is 36.2 Å². The van der Waals surface area contributed by atoms with Crippen molar-refractivity contribution in [3.05, 3.63) is 34.9 Å². The Morgan fingerprint density at radius 2 is 2.16 bits per heavy atom. The topological polar surface area (TPSA) is 46.3 Å². The van der Waals surface area contributed by atoms with E-state index in [1.54, 1.807) is 0 Å². The molecule has 1 saturated carbocycles. The summed E-state index contributed by atoms with van der Waals surface area (Å²) in [6.07, 6.45) is 2.93. The first kappa shape index (κ1) is 14.4. The zero-order chi connectivity index (χ0) is 13.8. The minimum absolute atomic E-state index is 0.0116. The molecule has 4 heteroatoms. The maximum Gasteiger partial charge on any atom is 0.227 e. The van der Waals surface area contributed by atoms with Gasteiger partial charge in [0.25, 0.3) is 0 Å². The Labute approximate surface area is 119 Å². The van der Waals surface area contributed by atoms with E-state index < -0.39 is 0 Å². The van der Waals surface area contributed by atoms with Crippen molar-refractivity contribution >= 4 is 17.5 Å². The van der Waals surface area contributed by atoms with E-state index in [4.69, 9.17) is 17.3 Å². The number of amides is 1. The van der Waals surface area contributed by atoms with E-state index in [0.717, 1.165) is 24.8 Å². The van der Waals surface area contributed by atoms with E-state index in [1.165, 1.54) is 0 Å². The van der Waals surface area contributed by atoms with Crippen LogP contribution < -0.4 is 5.73 Å². The van der Waals surface area contributed by atoms with Crippen LogP contribution in [0.25, 0.3) is 0 Å². The van der Waals surface area contributed by atoms with E-state index in [9.17, 15) is 4.79 Å². The molecule has 0 spiro atoms.